The van der Waals surface area contributed by atoms with Crippen molar-refractivity contribution >= 4 is 23.8 Å². The number of rotatable bonds is 5. The summed E-state index contributed by atoms with van der Waals surface area (Å²) in [6, 6.07) is 20.8. The molecule has 7 heteroatoms. The Kier molecular flexibility index (Phi) is 5.05. The summed E-state index contributed by atoms with van der Waals surface area (Å²) < 4.78 is 0. The minimum atomic E-state index is -1.39. The number of carbonyl (C=O) groups excluding carboxylic acids is 4. The number of carbonyl (C=O) groups is 4. The van der Waals surface area contributed by atoms with Gasteiger partial charge in [-0.15, -0.1) is 0 Å². The summed E-state index contributed by atoms with van der Waals surface area (Å²) in [7, 11) is 0. The lowest BCUT2D eigenvalue weighted by Crippen LogP contribution is -2.46. The van der Waals surface area contributed by atoms with E-state index in [-0.39, 0.29) is 13.1 Å². The Hall–Kier alpha value is -4.26. The number of imide groups is 2. The van der Waals surface area contributed by atoms with Crippen molar-refractivity contribution < 1.29 is 19.2 Å². The molecule has 1 N–H and O–H groups in total. The maximum absolute atomic E-state index is 13.9. The summed E-state index contributed by atoms with van der Waals surface area (Å²) in [5.41, 5.74) is 2.64. The fraction of sp³-hybridized carbons (Fsp3) is 0.185. The van der Waals surface area contributed by atoms with Gasteiger partial charge in [0.25, 0.3) is 17.7 Å². The third-order valence-electron chi connectivity index (χ3n) is 6.68. The van der Waals surface area contributed by atoms with Gasteiger partial charge in [-0.1, -0.05) is 60.7 Å². The Morgan fingerprint density at radius 2 is 1.26 bits per heavy atom. The first-order valence-corrected chi connectivity index (χ1v) is 11.1. The lowest BCUT2D eigenvalue weighted by atomic mass is 9.81. The molecule has 0 bridgehead atoms. The molecule has 2 aliphatic rings. The molecule has 3 aromatic rings. The topological polar surface area (TPSA) is 86.8 Å². The summed E-state index contributed by atoms with van der Waals surface area (Å²) in [5.74, 6) is -1.28. The fourth-order valence-electron chi connectivity index (χ4n) is 4.64. The average molecular weight is 453 g/mol. The zero-order valence-corrected chi connectivity index (χ0v) is 18.9. The van der Waals surface area contributed by atoms with Gasteiger partial charge in [0.05, 0.1) is 11.1 Å². The van der Waals surface area contributed by atoms with Crippen molar-refractivity contribution in [2.75, 3.05) is 13.1 Å². The number of fused-ring (bicyclic) bond motifs is 1. The Balaban J connectivity index is 1.47. The van der Waals surface area contributed by atoms with E-state index in [1.54, 1.807) is 36.4 Å². The highest BCUT2D eigenvalue weighted by Gasteiger charge is 2.54. The molecule has 170 valence electrons. The molecule has 2 heterocycles. The van der Waals surface area contributed by atoms with Crippen molar-refractivity contribution in [1.29, 1.82) is 0 Å². The molecule has 0 radical (unpaired) electrons. The Morgan fingerprint density at radius 1 is 0.676 bits per heavy atom. The minimum absolute atomic E-state index is 0.0801. The lowest BCUT2D eigenvalue weighted by Gasteiger charge is -2.29. The van der Waals surface area contributed by atoms with Gasteiger partial charge in [0, 0.05) is 13.1 Å². The second-order valence-corrected chi connectivity index (χ2v) is 8.61. The Bertz CT molecular complexity index is 1320. The van der Waals surface area contributed by atoms with Crippen LogP contribution in [0, 0.1) is 13.8 Å². The molecule has 1 atom stereocenters. The third-order valence-corrected chi connectivity index (χ3v) is 6.68. The molecule has 0 aromatic heterocycles. The number of benzene rings is 3. The van der Waals surface area contributed by atoms with Crippen molar-refractivity contribution in [3.05, 3.63) is 106 Å². The highest BCUT2D eigenvalue weighted by Crippen LogP contribution is 2.37. The maximum Gasteiger partial charge on any atom is 0.325 e. The van der Waals surface area contributed by atoms with Crippen LogP contribution in [0.1, 0.15) is 43.0 Å². The summed E-state index contributed by atoms with van der Waals surface area (Å²) in [6.07, 6.45) is 0. The van der Waals surface area contributed by atoms with Gasteiger partial charge in [-0.25, -0.2) is 4.79 Å². The molecule has 1 saturated heterocycles. The summed E-state index contributed by atoms with van der Waals surface area (Å²) in [5, 5.41) is 2.91. The molecular weight excluding hydrogens is 430 g/mol. The van der Waals surface area contributed by atoms with E-state index in [0.717, 1.165) is 20.9 Å². The van der Waals surface area contributed by atoms with Crippen molar-refractivity contribution in [2.24, 2.45) is 0 Å². The minimum Gasteiger partial charge on any atom is -0.315 e. The molecule has 3 aromatic carbocycles. The van der Waals surface area contributed by atoms with Gasteiger partial charge in [-0.3, -0.25) is 24.2 Å². The van der Waals surface area contributed by atoms with Crippen molar-refractivity contribution in [3.63, 3.8) is 0 Å². The van der Waals surface area contributed by atoms with E-state index >= 15 is 0 Å². The normalized spacial score (nSPS) is 19.6. The van der Waals surface area contributed by atoms with Gasteiger partial charge in [0.1, 0.15) is 0 Å². The molecular formula is C27H23N3O4. The maximum atomic E-state index is 13.9. The van der Waals surface area contributed by atoms with Gasteiger partial charge >= 0.3 is 6.03 Å². The number of hydrogen-bond donors (Lipinski definition) is 1. The Labute approximate surface area is 197 Å². The number of aryl methyl sites for hydroxylation is 2. The van der Waals surface area contributed by atoms with E-state index in [4.69, 9.17) is 0 Å². The zero-order chi connectivity index (χ0) is 24.0. The number of hydrogen-bond acceptors (Lipinski definition) is 4. The van der Waals surface area contributed by atoms with Crippen LogP contribution in [0.25, 0.3) is 0 Å². The first-order chi connectivity index (χ1) is 16.3. The van der Waals surface area contributed by atoms with Crippen LogP contribution in [0.15, 0.2) is 72.8 Å². The molecule has 1 unspecified atom stereocenters. The van der Waals surface area contributed by atoms with E-state index in [2.05, 4.69) is 5.32 Å². The molecule has 5 rings (SSSR count). The largest absolute Gasteiger partial charge is 0.325 e. The summed E-state index contributed by atoms with van der Waals surface area (Å²) in [6.45, 7) is 3.76. The molecule has 0 aliphatic carbocycles. The standard InChI is InChI=1S/C27H23N3O4/c1-17-12-13-20(16-18(17)2)27(19-8-4-3-5-9-19)25(33)30(26(34)28-27)15-14-29-23(31)21-10-6-7-11-22(21)24(29)32/h3-13,16H,14-15H2,1-2H3,(H,28,34). The van der Waals surface area contributed by atoms with Crippen LogP contribution in [0.4, 0.5) is 4.79 Å². The van der Waals surface area contributed by atoms with Crippen LogP contribution in [0.5, 0.6) is 0 Å². The van der Waals surface area contributed by atoms with Gasteiger partial charge in [-0.2, -0.15) is 0 Å². The van der Waals surface area contributed by atoms with Crippen molar-refractivity contribution in [3.8, 4) is 0 Å². The van der Waals surface area contributed by atoms with Crippen LogP contribution >= 0.6 is 0 Å². The second kappa shape index (κ2) is 7.95. The number of nitrogens with zero attached hydrogens (tertiary/aromatic N) is 2. The van der Waals surface area contributed by atoms with E-state index in [1.165, 1.54) is 0 Å². The van der Waals surface area contributed by atoms with Gasteiger partial charge in [-0.05, 0) is 48.2 Å². The molecule has 7 nitrogen and oxygen atoms in total. The second-order valence-electron chi connectivity index (χ2n) is 8.61. The number of nitrogens with one attached hydrogen (secondary N) is 1. The first-order valence-electron chi connectivity index (χ1n) is 11.1. The van der Waals surface area contributed by atoms with Gasteiger partial charge in [0.2, 0.25) is 0 Å². The number of amides is 5. The molecule has 0 saturated carbocycles. The smallest absolute Gasteiger partial charge is 0.315 e. The van der Waals surface area contributed by atoms with E-state index < -0.39 is 29.3 Å². The molecule has 1 fully saturated rings. The summed E-state index contributed by atoms with van der Waals surface area (Å²) >= 11 is 0. The van der Waals surface area contributed by atoms with E-state index in [1.807, 2.05) is 50.2 Å². The van der Waals surface area contributed by atoms with Crippen LogP contribution < -0.4 is 5.32 Å². The predicted molar refractivity (Wildman–Crippen MR) is 125 cm³/mol. The Morgan fingerprint density at radius 3 is 1.88 bits per heavy atom. The van der Waals surface area contributed by atoms with Crippen LogP contribution in [0.2, 0.25) is 0 Å². The fourth-order valence-corrected chi connectivity index (χ4v) is 4.64. The van der Waals surface area contributed by atoms with Crippen LogP contribution in [0.3, 0.4) is 0 Å². The van der Waals surface area contributed by atoms with Gasteiger partial charge in [0.15, 0.2) is 5.54 Å². The van der Waals surface area contributed by atoms with Crippen molar-refractivity contribution in [2.45, 2.75) is 19.4 Å². The highest BCUT2D eigenvalue weighted by molar-refractivity contribution is 6.21. The molecule has 2 aliphatic heterocycles. The first kappa shape index (κ1) is 21.6. The SMILES string of the molecule is Cc1ccc(C2(c3ccccc3)NC(=O)N(CCN3C(=O)c4ccccc4C3=O)C2=O)cc1C. The van der Waals surface area contributed by atoms with Gasteiger partial charge < -0.3 is 5.32 Å². The quantitative estimate of drug-likeness (QED) is 0.474. The predicted octanol–water partition coefficient (Wildman–Crippen LogP) is 3.40. The van der Waals surface area contributed by atoms with Crippen LogP contribution in [-0.4, -0.2) is 46.6 Å². The summed E-state index contributed by atoms with van der Waals surface area (Å²) in [4.78, 5) is 54.6. The van der Waals surface area contributed by atoms with Crippen LogP contribution in [-0.2, 0) is 10.3 Å². The highest BCUT2D eigenvalue weighted by atomic mass is 16.2. The lowest BCUT2D eigenvalue weighted by molar-refractivity contribution is -0.130. The average Bonchev–Trinajstić information content (AvgIpc) is 3.25. The van der Waals surface area contributed by atoms with Crippen molar-refractivity contribution in [1.82, 2.24) is 15.1 Å². The monoisotopic (exact) mass is 453 g/mol. The third kappa shape index (κ3) is 3.12. The molecule has 0 spiro atoms. The molecule has 5 amide bonds. The molecule has 34 heavy (non-hydrogen) atoms. The number of urea groups is 1. The zero-order valence-electron chi connectivity index (χ0n) is 18.9. The van der Waals surface area contributed by atoms with E-state index in [9.17, 15) is 19.2 Å². The van der Waals surface area contributed by atoms with E-state index in [0.29, 0.717) is 22.3 Å².